The molecule has 0 aliphatic heterocycles. The molecule has 0 radical (unpaired) electrons. The lowest BCUT2D eigenvalue weighted by Crippen LogP contribution is -2.14. The summed E-state index contributed by atoms with van der Waals surface area (Å²) in [6.07, 6.45) is 4.30. The lowest BCUT2D eigenvalue weighted by Gasteiger charge is -2.11. The van der Waals surface area contributed by atoms with E-state index in [1.807, 2.05) is 18.3 Å². The van der Waals surface area contributed by atoms with Gasteiger partial charge in [0.1, 0.15) is 5.82 Å². The van der Waals surface area contributed by atoms with Gasteiger partial charge in [-0.05, 0) is 22.4 Å². The second-order valence-electron chi connectivity index (χ2n) is 4.45. The number of benzene rings is 2. The molecule has 18 heavy (non-hydrogen) atoms. The van der Waals surface area contributed by atoms with Crippen LogP contribution in [0.4, 0.5) is 0 Å². The number of fused-ring (bicyclic) bond motifs is 1. The van der Waals surface area contributed by atoms with Crippen LogP contribution in [0.15, 0.2) is 54.9 Å². The van der Waals surface area contributed by atoms with Crippen LogP contribution >= 0.6 is 0 Å². The molecule has 0 saturated carbocycles. The summed E-state index contributed by atoms with van der Waals surface area (Å²) in [5.41, 5.74) is 7.36. The fourth-order valence-corrected chi connectivity index (χ4v) is 2.17. The van der Waals surface area contributed by atoms with Crippen molar-refractivity contribution in [1.29, 1.82) is 0 Å². The minimum atomic E-state index is -0.0271. The number of nitrogens with one attached hydrogen (secondary N) is 1. The number of hydrogen-bond acceptors (Lipinski definition) is 2. The molecule has 0 aliphatic rings. The summed E-state index contributed by atoms with van der Waals surface area (Å²) in [4.78, 5) is 7.29. The van der Waals surface area contributed by atoms with Gasteiger partial charge < -0.3 is 10.7 Å². The van der Waals surface area contributed by atoms with E-state index in [2.05, 4.69) is 40.3 Å². The molecular weight excluding hydrogens is 222 g/mol. The van der Waals surface area contributed by atoms with E-state index in [-0.39, 0.29) is 6.04 Å². The molecule has 1 unspecified atom stereocenters. The van der Waals surface area contributed by atoms with Crippen molar-refractivity contribution in [2.24, 2.45) is 5.73 Å². The van der Waals surface area contributed by atoms with Crippen molar-refractivity contribution < 1.29 is 0 Å². The SMILES string of the molecule is NC(Cc1ncc[nH]1)c1ccc2ccccc2c1. The Kier molecular flexibility index (Phi) is 2.82. The van der Waals surface area contributed by atoms with Gasteiger partial charge in [0.2, 0.25) is 0 Å². The van der Waals surface area contributed by atoms with E-state index in [0.29, 0.717) is 0 Å². The van der Waals surface area contributed by atoms with E-state index in [9.17, 15) is 0 Å². The molecule has 3 heteroatoms. The number of rotatable bonds is 3. The summed E-state index contributed by atoms with van der Waals surface area (Å²) in [7, 11) is 0. The van der Waals surface area contributed by atoms with Gasteiger partial charge in [-0.2, -0.15) is 0 Å². The minimum absolute atomic E-state index is 0.0271. The van der Waals surface area contributed by atoms with Gasteiger partial charge in [0, 0.05) is 24.9 Å². The van der Waals surface area contributed by atoms with Gasteiger partial charge in [-0.1, -0.05) is 36.4 Å². The fourth-order valence-electron chi connectivity index (χ4n) is 2.17. The Hall–Kier alpha value is -2.13. The van der Waals surface area contributed by atoms with Crippen molar-refractivity contribution in [1.82, 2.24) is 9.97 Å². The highest BCUT2D eigenvalue weighted by atomic mass is 14.9. The molecule has 3 N–H and O–H groups in total. The third-order valence-corrected chi connectivity index (χ3v) is 3.17. The number of hydrogen-bond donors (Lipinski definition) is 2. The van der Waals surface area contributed by atoms with E-state index in [4.69, 9.17) is 5.73 Å². The predicted octanol–water partition coefficient (Wildman–Crippen LogP) is 2.81. The minimum Gasteiger partial charge on any atom is -0.349 e. The number of nitrogens with zero attached hydrogens (tertiary/aromatic N) is 1. The van der Waals surface area contributed by atoms with Crippen LogP contribution in [0.3, 0.4) is 0 Å². The molecule has 1 atom stereocenters. The Labute approximate surface area is 106 Å². The van der Waals surface area contributed by atoms with Crippen molar-refractivity contribution in [2.45, 2.75) is 12.5 Å². The summed E-state index contributed by atoms with van der Waals surface area (Å²) < 4.78 is 0. The third-order valence-electron chi connectivity index (χ3n) is 3.17. The maximum Gasteiger partial charge on any atom is 0.107 e. The number of nitrogens with two attached hydrogens (primary N) is 1. The van der Waals surface area contributed by atoms with Crippen LogP contribution in [0.5, 0.6) is 0 Å². The van der Waals surface area contributed by atoms with E-state index < -0.39 is 0 Å². The lowest BCUT2D eigenvalue weighted by atomic mass is 10.0. The van der Waals surface area contributed by atoms with Crippen molar-refractivity contribution in [3.63, 3.8) is 0 Å². The van der Waals surface area contributed by atoms with Gasteiger partial charge >= 0.3 is 0 Å². The van der Waals surface area contributed by atoms with E-state index in [1.165, 1.54) is 10.8 Å². The summed E-state index contributed by atoms with van der Waals surface area (Å²) in [6, 6.07) is 14.6. The van der Waals surface area contributed by atoms with Crippen LogP contribution in [0.1, 0.15) is 17.4 Å². The quantitative estimate of drug-likeness (QED) is 0.736. The average molecular weight is 237 g/mol. The Bertz CT molecular complexity index is 644. The number of aromatic nitrogens is 2. The standard InChI is InChI=1S/C15H15N3/c16-14(10-15-17-7-8-18-15)13-6-5-11-3-1-2-4-12(11)9-13/h1-9,14H,10,16H2,(H,17,18). The van der Waals surface area contributed by atoms with Crippen LogP contribution in [-0.4, -0.2) is 9.97 Å². The summed E-state index contributed by atoms with van der Waals surface area (Å²) in [5, 5.41) is 2.47. The highest BCUT2D eigenvalue weighted by Crippen LogP contribution is 2.20. The maximum atomic E-state index is 6.22. The van der Waals surface area contributed by atoms with Crippen LogP contribution in [0, 0.1) is 0 Å². The molecule has 1 aromatic heterocycles. The molecule has 1 heterocycles. The van der Waals surface area contributed by atoms with E-state index >= 15 is 0 Å². The summed E-state index contributed by atoms with van der Waals surface area (Å²) in [6.45, 7) is 0. The Balaban J connectivity index is 1.89. The molecule has 0 amide bonds. The monoisotopic (exact) mass is 237 g/mol. The number of imidazole rings is 1. The molecule has 0 spiro atoms. The Morgan fingerprint density at radius 2 is 1.94 bits per heavy atom. The molecule has 0 aliphatic carbocycles. The number of aromatic amines is 1. The maximum absolute atomic E-state index is 6.22. The topological polar surface area (TPSA) is 54.7 Å². The molecule has 0 saturated heterocycles. The number of H-pyrrole nitrogens is 1. The molecule has 90 valence electrons. The van der Waals surface area contributed by atoms with Gasteiger partial charge in [0.05, 0.1) is 0 Å². The highest BCUT2D eigenvalue weighted by molar-refractivity contribution is 5.83. The molecular formula is C15H15N3. The highest BCUT2D eigenvalue weighted by Gasteiger charge is 2.08. The van der Waals surface area contributed by atoms with Crippen LogP contribution in [0.25, 0.3) is 10.8 Å². The van der Waals surface area contributed by atoms with Gasteiger partial charge in [0.15, 0.2) is 0 Å². The van der Waals surface area contributed by atoms with Crippen molar-refractivity contribution >= 4 is 10.8 Å². The van der Waals surface area contributed by atoms with E-state index in [0.717, 1.165) is 17.8 Å². The third kappa shape index (κ3) is 2.13. The average Bonchev–Trinajstić information content (AvgIpc) is 2.91. The Morgan fingerprint density at radius 3 is 2.72 bits per heavy atom. The van der Waals surface area contributed by atoms with Crippen molar-refractivity contribution in [3.8, 4) is 0 Å². The second kappa shape index (κ2) is 4.63. The zero-order valence-electron chi connectivity index (χ0n) is 10.0. The Morgan fingerprint density at radius 1 is 1.11 bits per heavy atom. The zero-order valence-corrected chi connectivity index (χ0v) is 10.0. The van der Waals surface area contributed by atoms with Gasteiger partial charge in [0.25, 0.3) is 0 Å². The van der Waals surface area contributed by atoms with Crippen LogP contribution < -0.4 is 5.73 Å². The van der Waals surface area contributed by atoms with Crippen molar-refractivity contribution in [3.05, 3.63) is 66.2 Å². The van der Waals surface area contributed by atoms with Crippen LogP contribution in [0.2, 0.25) is 0 Å². The smallest absolute Gasteiger partial charge is 0.107 e. The fraction of sp³-hybridized carbons (Fsp3) is 0.133. The van der Waals surface area contributed by atoms with Crippen molar-refractivity contribution in [2.75, 3.05) is 0 Å². The van der Waals surface area contributed by atoms with Gasteiger partial charge in [-0.3, -0.25) is 0 Å². The molecule has 0 bridgehead atoms. The van der Waals surface area contributed by atoms with Gasteiger partial charge in [-0.15, -0.1) is 0 Å². The first-order chi connectivity index (χ1) is 8.83. The summed E-state index contributed by atoms with van der Waals surface area (Å²) >= 11 is 0. The predicted molar refractivity (Wildman–Crippen MR) is 73.2 cm³/mol. The van der Waals surface area contributed by atoms with Gasteiger partial charge in [-0.25, -0.2) is 4.98 Å². The summed E-state index contributed by atoms with van der Waals surface area (Å²) in [5.74, 6) is 0.927. The lowest BCUT2D eigenvalue weighted by molar-refractivity contribution is 0.695. The second-order valence-corrected chi connectivity index (χ2v) is 4.45. The molecule has 2 aromatic carbocycles. The first-order valence-corrected chi connectivity index (χ1v) is 6.05. The molecule has 3 rings (SSSR count). The first-order valence-electron chi connectivity index (χ1n) is 6.05. The molecule has 0 fully saturated rings. The van der Waals surface area contributed by atoms with E-state index in [1.54, 1.807) is 6.20 Å². The molecule has 3 aromatic rings. The largest absolute Gasteiger partial charge is 0.349 e. The molecule has 3 nitrogen and oxygen atoms in total. The van der Waals surface area contributed by atoms with Crippen LogP contribution in [-0.2, 0) is 6.42 Å². The normalized spacial score (nSPS) is 12.7. The zero-order chi connectivity index (χ0) is 12.4. The first kappa shape index (κ1) is 11.0.